The molecule has 1 heterocycles. The maximum absolute atomic E-state index is 4.44. The summed E-state index contributed by atoms with van der Waals surface area (Å²) in [5, 5.41) is 4.39. The van der Waals surface area contributed by atoms with Crippen molar-refractivity contribution in [2.45, 2.75) is 13.3 Å². The lowest BCUT2D eigenvalue weighted by molar-refractivity contribution is 0.938. The van der Waals surface area contributed by atoms with E-state index < -0.39 is 0 Å². The number of amidine groups is 1. The molecule has 0 spiro atoms. The van der Waals surface area contributed by atoms with E-state index in [0.29, 0.717) is 0 Å². The highest BCUT2D eigenvalue weighted by atomic mass is 79.9. The van der Waals surface area contributed by atoms with Gasteiger partial charge in [-0.05, 0) is 40.9 Å². The summed E-state index contributed by atoms with van der Waals surface area (Å²) >= 11 is 5.37. The molecule has 0 amide bonds. The second kappa shape index (κ2) is 5.03. The summed E-state index contributed by atoms with van der Waals surface area (Å²) in [6, 6.07) is 6.20. The van der Waals surface area contributed by atoms with Crippen molar-refractivity contribution >= 4 is 38.5 Å². The van der Waals surface area contributed by atoms with Crippen molar-refractivity contribution in [2.24, 2.45) is 4.99 Å². The molecule has 1 aromatic carbocycles. The lowest BCUT2D eigenvalue weighted by Crippen LogP contribution is -2.13. The van der Waals surface area contributed by atoms with Crippen LogP contribution in [-0.2, 0) is 0 Å². The normalized spacial score (nSPS) is 16.0. The minimum atomic E-state index is 0.943. The number of hydrogen-bond acceptors (Lipinski definition) is 3. The van der Waals surface area contributed by atoms with Crippen molar-refractivity contribution in [1.29, 1.82) is 0 Å². The number of benzene rings is 1. The molecule has 0 bridgehead atoms. The van der Waals surface area contributed by atoms with E-state index in [9.17, 15) is 0 Å². The van der Waals surface area contributed by atoms with Crippen LogP contribution in [0.3, 0.4) is 0 Å². The van der Waals surface area contributed by atoms with Crippen LogP contribution in [0.1, 0.15) is 12.0 Å². The summed E-state index contributed by atoms with van der Waals surface area (Å²) < 4.78 is 1.12. The summed E-state index contributed by atoms with van der Waals surface area (Å²) in [5.41, 5.74) is 2.34. The van der Waals surface area contributed by atoms with Crippen molar-refractivity contribution < 1.29 is 0 Å². The van der Waals surface area contributed by atoms with Gasteiger partial charge in [-0.3, -0.25) is 4.99 Å². The van der Waals surface area contributed by atoms with Crippen molar-refractivity contribution in [2.75, 3.05) is 17.6 Å². The van der Waals surface area contributed by atoms with Crippen molar-refractivity contribution in [3.63, 3.8) is 0 Å². The molecule has 0 unspecified atom stereocenters. The quantitative estimate of drug-likeness (QED) is 0.851. The molecule has 0 aromatic heterocycles. The van der Waals surface area contributed by atoms with E-state index in [1.54, 1.807) is 11.8 Å². The number of hydrogen-bond donors (Lipinski definition) is 1. The molecule has 2 rings (SSSR count). The molecular weight excluding hydrogens is 272 g/mol. The zero-order valence-corrected chi connectivity index (χ0v) is 11.0. The molecular formula is C11H13BrN2S. The second-order valence-electron chi connectivity index (χ2n) is 3.45. The van der Waals surface area contributed by atoms with E-state index in [1.807, 2.05) is 0 Å². The van der Waals surface area contributed by atoms with Crippen LogP contribution in [0.4, 0.5) is 5.69 Å². The number of halogens is 1. The topological polar surface area (TPSA) is 24.4 Å². The van der Waals surface area contributed by atoms with E-state index in [-0.39, 0.29) is 0 Å². The van der Waals surface area contributed by atoms with Crippen LogP contribution in [0, 0.1) is 6.92 Å². The smallest absolute Gasteiger partial charge is 0.161 e. The molecule has 2 nitrogen and oxygen atoms in total. The Labute approximate surface area is 103 Å². The summed E-state index contributed by atoms with van der Waals surface area (Å²) in [6.45, 7) is 3.03. The molecule has 1 aliphatic rings. The zero-order valence-electron chi connectivity index (χ0n) is 8.59. The minimum Gasteiger partial charge on any atom is -0.334 e. The first-order valence-corrected chi connectivity index (χ1v) is 6.74. The Bertz CT molecular complexity index is 390. The molecule has 0 saturated carbocycles. The fourth-order valence-electron chi connectivity index (χ4n) is 1.39. The van der Waals surface area contributed by atoms with Gasteiger partial charge >= 0.3 is 0 Å². The number of aryl methyl sites for hydroxylation is 1. The maximum atomic E-state index is 4.44. The molecule has 0 fully saturated rings. The third-order valence-corrected chi connectivity index (χ3v) is 4.28. The van der Waals surface area contributed by atoms with Crippen LogP contribution in [0.15, 0.2) is 27.7 Å². The predicted molar refractivity (Wildman–Crippen MR) is 71.9 cm³/mol. The van der Waals surface area contributed by atoms with Gasteiger partial charge in [0, 0.05) is 16.8 Å². The van der Waals surface area contributed by atoms with Crippen LogP contribution in [0.5, 0.6) is 0 Å². The highest BCUT2D eigenvalue weighted by Crippen LogP contribution is 2.27. The van der Waals surface area contributed by atoms with Gasteiger partial charge in [0.05, 0.1) is 5.69 Å². The highest BCUT2D eigenvalue weighted by Gasteiger charge is 2.08. The number of anilines is 1. The van der Waals surface area contributed by atoms with Gasteiger partial charge in [-0.25, -0.2) is 0 Å². The zero-order chi connectivity index (χ0) is 10.7. The van der Waals surface area contributed by atoms with E-state index >= 15 is 0 Å². The number of nitrogens with one attached hydrogen (secondary N) is 1. The number of nitrogens with zero attached hydrogens (tertiary/aromatic N) is 1. The molecule has 0 radical (unpaired) electrons. The van der Waals surface area contributed by atoms with E-state index in [0.717, 1.165) is 27.6 Å². The van der Waals surface area contributed by atoms with Gasteiger partial charge in [-0.15, -0.1) is 0 Å². The van der Waals surface area contributed by atoms with Crippen molar-refractivity contribution in [3.8, 4) is 0 Å². The van der Waals surface area contributed by atoms with E-state index in [1.165, 1.54) is 12.0 Å². The van der Waals surface area contributed by atoms with Crippen LogP contribution >= 0.6 is 27.7 Å². The highest BCUT2D eigenvalue weighted by molar-refractivity contribution is 9.10. The molecule has 0 saturated heterocycles. The first-order chi connectivity index (χ1) is 7.27. The van der Waals surface area contributed by atoms with Gasteiger partial charge in [0.25, 0.3) is 0 Å². The Morgan fingerprint density at radius 2 is 2.33 bits per heavy atom. The number of aliphatic imine (C=N–C) groups is 1. The molecule has 4 heteroatoms. The molecule has 80 valence electrons. The third kappa shape index (κ3) is 2.75. The van der Waals surface area contributed by atoms with E-state index in [4.69, 9.17) is 0 Å². The molecule has 1 aliphatic heterocycles. The molecule has 1 aromatic rings. The van der Waals surface area contributed by atoms with Gasteiger partial charge in [-0.2, -0.15) is 0 Å². The van der Waals surface area contributed by atoms with Crippen molar-refractivity contribution in [3.05, 3.63) is 28.2 Å². The predicted octanol–water partition coefficient (Wildman–Crippen LogP) is 3.66. The Balaban J connectivity index is 2.16. The summed E-state index contributed by atoms with van der Waals surface area (Å²) in [7, 11) is 0. The first-order valence-electron chi connectivity index (χ1n) is 4.97. The Morgan fingerprint density at radius 3 is 3.07 bits per heavy atom. The fourth-order valence-corrected chi connectivity index (χ4v) is 2.59. The maximum Gasteiger partial charge on any atom is 0.161 e. The van der Waals surface area contributed by atoms with Crippen LogP contribution < -0.4 is 5.32 Å². The largest absolute Gasteiger partial charge is 0.334 e. The first kappa shape index (κ1) is 11.0. The lowest BCUT2D eigenvalue weighted by Gasteiger charge is -2.14. The minimum absolute atomic E-state index is 0.943. The summed E-state index contributed by atoms with van der Waals surface area (Å²) in [6.07, 6.45) is 1.19. The van der Waals surface area contributed by atoms with Crippen LogP contribution in [-0.4, -0.2) is 17.5 Å². The van der Waals surface area contributed by atoms with Crippen LogP contribution in [0.2, 0.25) is 0 Å². The summed E-state index contributed by atoms with van der Waals surface area (Å²) in [4.78, 5) is 4.44. The molecule has 0 aliphatic carbocycles. The third-order valence-electron chi connectivity index (χ3n) is 2.23. The average molecular weight is 285 g/mol. The van der Waals surface area contributed by atoms with Gasteiger partial charge in [0.1, 0.15) is 0 Å². The standard InChI is InChI=1S/C11H13BrN2S/c1-8-4-2-5-9(10(8)12)14-11-13-6-3-7-15-11/h2,4-5H,3,6-7H2,1H3,(H,13,14). The van der Waals surface area contributed by atoms with Crippen LogP contribution in [0.25, 0.3) is 0 Å². The van der Waals surface area contributed by atoms with Gasteiger partial charge in [0.15, 0.2) is 5.17 Å². The SMILES string of the molecule is Cc1cccc(NC2=NCCCS2)c1Br. The monoisotopic (exact) mass is 284 g/mol. The fraction of sp³-hybridized carbons (Fsp3) is 0.364. The van der Waals surface area contributed by atoms with Crippen molar-refractivity contribution in [1.82, 2.24) is 0 Å². The van der Waals surface area contributed by atoms with E-state index in [2.05, 4.69) is 51.4 Å². The average Bonchev–Trinajstić information content (AvgIpc) is 2.26. The second-order valence-corrected chi connectivity index (χ2v) is 5.33. The van der Waals surface area contributed by atoms with Gasteiger partial charge < -0.3 is 5.32 Å². The van der Waals surface area contributed by atoms with Gasteiger partial charge in [0.2, 0.25) is 0 Å². The Hall–Kier alpha value is -0.480. The number of rotatable bonds is 1. The molecule has 0 atom stereocenters. The Kier molecular flexibility index (Phi) is 3.70. The molecule has 1 N–H and O–H groups in total. The lowest BCUT2D eigenvalue weighted by atomic mass is 10.2. The molecule has 15 heavy (non-hydrogen) atoms. The Morgan fingerprint density at radius 1 is 1.47 bits per heavy atom. The van der Waals surface area contributed by atoms with Gasteiger partial charge in [-0.1, -0.05) is 23.9 Å². The number of thioether (sulfide) groups is 1. The summed E-state index contributed by atoms with van der Waals surface area (Å²) in [5.74, 6) is 1.16.